The molecule has 0 bridgehead atoms. The third kappa shape index (κ3) is 2.96. The van der Waals surface area contributed by atoms with Crippen molar-refractivity contribution in [3.63, 3.8) is 0 Å². The maximum absolute atomic E-state index is 12.1. The van der Waals surface area contributed by atoms with E-state index in [1.54, 1.807) is 0 Å². The van der Waals surface area contributed by atoms with Crippen LogP contribution in [0.3, 0.4) is 0 Å². The van der Waals surface area contributed by atoms with E-state index < -0.39 is 0 Å². The van der Waals surface area contributed by atoms with Gasteiger partial charge in [-0.2, -0.15) is 0 Å². The van der Waals surface area contributed by atoms with Crippen LogP contribution in [0.2, 0.25) is 0 Å². The summed E-state index contributed by atoms with van der Waals surface area (Å²) in [5, 5.41) is 0. The van der Waals surface area contributed by atoms with Crippen molar-refractivity contribution < 1.29 is 9.53 Å². The second kappa shape index (κ2) is 5.83. The lowest BCUT2D eigenvalue weighted by Crippen LogP contribution is -2.48. The minimum Gasteiger partial charge on any atom is -0.484 e. The summed E-state index contributed by atoms with van der Waals surface area (Å²) in [5.74, 6) is 0.923. The van der Waals surface area contributed by atoms with Crippen molar-refractivity contribution in [3.8, 4) is 5.75 Å². The van der Waals surface area contributed by atoms with E-state index in [1.165, 1.54) is 24.0 Å². The zero-order valence-electron chi connectivity index (χ0n) is 12.1. The van der Waals surface area contributed by atoms with Crippen LogP contribution in [0.15, 0.2) is 18.2 Å². The Morgan fingerprint density at radius 2 is 1.90 bits per heavy atom. The van der Waals surface area contributed by atoms with Gasteiger partial charge in [-0.15, -0.1) is 0 Å². The summed E-state index contributed by atoms with van der Waals surface area (Å²) in [6, 6.07) is 6.22. The lowest BCUT2D eigenvalue weighted by atomic mass is 10.1. The molecule has 0 unspecified atom stereocenters. The second-order valence-corrected chi connectivity index (χ2v) is 5.76. The van der Waals surface area contributed by atoms with Crippen LogP contribution in [-0.4, -0.2) is 55.5 Å². The Morgan fingerprint density at radius 1 is 1.15 bits per heavy atom. The van der Waals surface area contributed by atoms with Gasteiger partial charge in [-0.1, -0.05) is 6.07 Å². The number of hydrogen-bond acceptors (Lipinski definition) is 3. The fraction of sp³-hybridized carbons (Fsp3) is 0.562. The number of benzene rings is 1. The first kappa shape index (κ1) is 13.4. The molecular weight excluding hydrogens is 252 g/mol. The number of rotatable bonds is 3. The third-order valence-corrected chi connectivity index (χ3v) is 4.29. The molecule has 108 valence electrons. The SMILES string of the molecule is CN1CCN(C(=O)COc2ccc3c(c2)CCC3)CC1. The molecule has 1 heterocycles. The molecule has 1 saturated heterocycles. The molecule has 4 nitrogen and oxygen atoms in total. The van der Waals surface area contributed by atoms with Gasteiger partial charge < -0.3 is 14.5 Å². The molecular formula is C16H22N2O2. The van der Waals surface area contributed by atoms with Gasteiger partial charge >= 0.3 is 0 Å². The number of piperazine rings is 1. The summed E-state index contributed by atoms with van der Waals surface area (Å²) < 4.78 is 5.67. The van der Waals surface area contributed by atoms with Gasteiger partial charge in [-0.3, -0.25) is 4.79 Å². The first-order valence-corrected chi connectivity index (χ1v) is 7.43. The van der Waals surface area contributed by atoms with Gasteiger partial charge in [0.05, 0.1) is 0 Å². The van der Waals surface area contributed by atoms with Crippen LogP contribution >= 0.6 is 0 Å². The zero-order valence-corrected chi connectivity index (χ0v) is 12.1. The van der Waals surface area contributed by atoms with Crippen LogP contribution in [0.4, 0.5) is 0 Å². The molecule has 1 aliphatic carbocycles. The standard InChI is InChI=1S/C16H22N2O2/c1-17-7-9-18(10-8-17)16(19)12-20-15-6-5-13-3-2-4-14(13)11-15/h5-6,11H,2-4,7-10,12H2,1H3. The Balaban J connectivity index is 1.53. The normalized spacial score (nSPS) is 18.9. The van der Waals surface area contributed by atoms with E-state index in [0.29, 0.717) is 0 Å². The van der Waals surface area contributed by atoms with E-state index in [0.717, 1.165) is 38.3 Å². The fourth-order valence-electron chi connectivity index (χ4n) is 2.93. The van der Waals surface area contributed by atoms with Crippen molar-refractivity contribution >= 4 is 5.91 Å². The van der Waals surface area contributed by atoms with Gasteiger partial charge in [0.25, 0.3) is 5.91 Å². The Morgan fingerprint density at radius 3 is 2.70 bits per heavy atom. The lowest BCUT2D eigenvalue weighted by Gasteiger charge is -2.32. The molecule has 0 aromatic heterocycles. The molecule has 1 fully saturated rings. The topological polar surface area (TPSA) is 32.8 Å². The number of carbonyl (C=O) groups excluding carboxylic acids is 1. The van der Waals surface area contributed by atoms with Crippen LogP contribution in [0, 0.1) is 0 Å². The largest absolute Gasteiger partial charge is 0.484 e. The molecule has 1 aromatic carbocycles. The molecule has 4 heteroatoms. The number of fused-ring (bicyclic) bond motifs is 1. The van der Waals surface area contributed by atoms with Gasteiger partial charge in [0.15, 0.2) is 6.61 Å². The van der Waals surface area contributed by atoms with Crippen LogP contribution in [0.5, 0.6) is 5.75 Å². The van der Waals surface area contributed by atoms with Crippen LogP contribution in [0.25, 0.3) is 0 Å². The van der Waals surface area contributed by atoms with Crippen LogP contribution in [-0.2, 0) is 17.6 Å². The molecule has 0 spiro atoms. The van der Waals surface area contributed by atoms with Crippen molar-refractivity contribution in [2.45, 2.75) is 19.3 Å². The van der Waals surface area contributed by atoms with Crippen molar-refractivity contribution in [1.82, 2.24) is 9.80 Å². The number of likely N-dealkylation sites (N-methyl/N-ethyl adjacent to an activating group) is 1. The van der Waals surface area contributed by atoms with Crippen molar-refractivity contribution in [2.75, 3.05) is 39.8 Å². The predicted octanol–water partition coefficient (Wildman–Crippen LogP) is 1.33. The van der Waals surface area contributed by atoms with E-state index in [4.69, 9.17) is 4.74 Å². The number of hydrogen-bond donors (Lipinski definition) is 0. The summed E-state index contributed by atoms with van der Waals surface area (Å²) in [7, 11) is 2.09. The van der Waals surface area contributed by atoms with Gasteiger partial charge in [0, 0.05) is 26.2 Å². The van der Waals surface area contributed by atoms with Crippen molar-refractivity contribution in [1.29, 1.82) is 0 Å². The average molecular weight is 274 g/mol. The zero-order chi connectivity index (χ0) is 13.9. The third-order valence-electron chi connectivity index (χ3n) is 4.29. The molecule has 2 aliphatic rings. The smallest absolute Gasteiger partial charge is 0.260 e. The highest BCUT2D eigenvalue weighted by molar-refractivity contribution is 5.77. The van der Waals surface area contributed by atoms with Crippen molar-refractivity contribution in [2.24, 2.45) is 0 Å². The number of amides is 1. The molecule has 1 amide bonds. The first-order chi connectivity index (χ1) is 9.72. The second-order valence-electron chi connectivity index (χ2n) is 5.76. The molecule has 20 heavy (non-hydrogen) atoms. The summed E-state index contributed by atoms with van der Waals surface area (Å²) in [5.41, 5.74) is 2.82. The van der Waals surface area contributed by atoms with Gasteiger partial charge in [0.2, 0.25) is 0 Å². The number of nitrogens with zero attached hydrogens (tertiary/aromatic N) is 2. The maximum atomic E-state index is 12.1. The summed E-state index contributed by atoms with van der Waals surface area (Å²) in [4.78, 5) is 16.2. The summed E-state index contributed by atoms with van der Waals surface area (Å²) in [6.07, 6.45) is 3.55. The minimum atomic E-state index is 0.0959. The van der Waals surface area contributed by atoms with E-state index in [2.05, 4.69) is 24.1 Å². The Bertz CT molecular complexity index is 493. The van der Waals surface area contributed by atoms with Gasteiger partial charge in [-0.05, 0) is 49.6 Å². The number of ether oxygens (including phenoxy) is 1. The van der Waals surface area contributed by atoms with Crippen LogP contribution < -0.4 is 4.74 Å². The summed E-state index contributed by atoms with van der Waals surface area (Å²) >= 11 is 0. The minimum absolute atomic E-state index is 0.0959. The monoisotopic (exact) mass is 274 g/mol. The maximum Gasteiger partial charge on any atom is 0.260 e. The highest BCUT2D eigenvalue weighted by Gasteiger charge is 2.19. The van der Waals surface area contributed by atoms with Gasteiger partial charge in [0.1, 0.15) is 5.75 Å². The molecule has 1 aliphatic heterocycles. The number of aryl methyl sites for hydroxylation is 2. The molecule has 0 N–H and O–H groups in total. The highest BCUT2D eigenvalue weighted by Crippen LogP contribution is 2.25. The Kier molecular flexibility index (Phi) is 3.92. The first-order valence-electron chi connectivity index (χ1n) is 7.43. The highest BCUT2D eigenvalue weighted by atomic mass is 16.5. The fourth-order valence-corrected chi connectivity index (χ4v) is 2.93. The molecule has 0 atom stereocenters. The average Bonchev–Trinajstić information content (AvgIpc) is 2.93. The molecule has 0 radical (unpaired) electrons. The van der Waals surface area contributed by atoms with E-state index >= 15 is 0 Å². The Hall–Kier alpha value is -1.55. The predicted molar refractivity (Wildman–Crippen MR) is 78.0 cm³/mol. The molecule has 0 saturated carbocycles. The number of carbonyl (C=O) groups is 1. The van der Waals surface area contributed by atoms with E-state index in [1.807, 2.05) is 11.0 Å². The lowest BCUT2D eigenvalue weighted by molar-refractivity contribution is -0.134. The van der Waals surface area contributed by atoms with E-state index in [9.17, 15) is 4.79 Å². The van der Waals surface area contributed by atoms with Gasteiger partial charge in [-0.25, -0.2) is 0 Å². The Labute approximate surface area is 120 Å². The molecule has 3 rings (SSSR count). The summed E-state index contributed by atoms with van der Waals surface area (Å²) in [6.45, 7) is 3.67. The molecule has 1 aromatic rings. The quantitative estimate of drug-likeness (QED) is 0.833. The van der Waals surface area contributed by atoms with Crippen LogP contribution in [0.1, 0.15) is 17.5 Å². The van der Waals surface area contributed by atoms with E-state index in [-0.39, 0.29) is 12.5 Å². The van der Waals surface area contributed by atoms with Crippen molar-refractivity contribution in [3.05, 3.63) is 29.3 Å².